The number of hydrogen-bond donors (Lipinski definition) is 1. The smallest absolute Gasteiger partial charge is 0.148 e. The molecule has 2 aromatic heterocycles. The summed E-state index contributed by atoms with van der Waals surface area (Å²) in [4.78, 5) is 8.74. The van der Waals surface area contributed by atoms with Gasteiger partial charge >= 0.3 is 0 Å². The average Bonchev–Trinajstić information content (AvgIpc) is 3.15. The van der Waals surface area contributed by atoms with Gasteiger partial charge in [-0.1, -0.05) is 12.6 Å². The van der Waals surface area contributed by atoms with Gasteiger partial charge in [-0.3, -0.25) is 4.98 Å². The van der Waals surface area contributed by atoms with Crippen molar-refractivity contribution >= 4 is 11.5 Å². The van der Waals surface area contributed by atoms with Crippen LogP contribution in [0.5, 0.6) is 0 Å². The van der Waals surface area contributed by atoms with E-state index in [1.54, 1.807) is 6.20 Å². The van der Waals surface area contributed by atoms with Gasteiger partial charge in [0.15, 0.2) is 0 Å². The second-order valence-corrected chi connectivity index (χ2v) is 6.28. The van der Waals surface area contributed by atoms with E-state index in [0.717, 1.165) is 42.0 Å². The first-order valence-corrected chi connectivity index (χ1v) is 8.38. The summed E-state index contributed by atoms with van der Waals surface area (Å²) >= 11 is 0. The lowest BCUT2D eigenvalue weighted by Crippen LogP contribution is -2.04. The van der Waals surface area contributed by atoms with Crippen LogP contribution in [0.15, 0.2) is 41.6 Å². The van der Waals surface area contributed by atoms with Gasteiger partial charge in [0.25, 0.3) is 0 Å². The minimum atomic E-state index is -0.684. The second kappa shape index (κ2) is 6.37. The third-order valence-corrected chi connectivity index (χ3v) is 4.55. The molecule has 0 fully saturated rings. The minimum absolute atomic E-state index is 0.0861. The van der Waals surface area contributed by atoms with Crippen molar-refractivity contribution in [2.45, 2.75) is 26.2 Å². The van der Waals surface area contributed by atoms with Crippen LogP contribution < -0.4 is 5.32 Å². The van der Waals surface area contributed by atoms with Gasteiger partial charge in [0.1, 0.15) is 29.0 Å². The lowest BCUT2D eigenvalue weighted by atomic mass is 10.1. The van der Waals surface area contributed by atoms with E-state index in [4.69, 9.17) is 4.42 Å². The monoisotopic (exact) mass is 353 g/mol. The average molecular weight is 353 g/mol. The van der Waals surface area contributed by atoms with Crippen LogP contribution >= 0.6 is 0 Å². The van der Waals surface area contributed by atoms with Crippen LogP contribution in [0.25, 0.3) is 17.0 Å². The first-order valence-electron chi connectivity index (χ1n) is 8.38. The number of nitrogens with one attached hydrogen (secondary N) is 1. The van der Waals surface area contributed by atoms with Crippen molar-refractivity contribution < 1.29 is 13.2 Å². The van der Waals surface area contributed by atoms with Gasteiger partial charge in [-0.15, -0.1) is 0 Å². The Balaban J connectivity index is 1.58. The van der Waals surface area contributed by atoms with Crippen molar-refractivity contribution in [1.82, 2.24) is 9.97 Å². The van der Waals surface area contributed by atoms with Gasteiger partial charge in [-0.25, -0.2) is 13.8 Å². The zero-order valence-corrected chi connectivity index (χ0v) is 14.3. The standard InChI is InChI=1S/C20H17F2N3O/c1-11(19-14(21)6-4-7-15(19)22)25-18-10-23-16(9-24-18)20-12(2)26-17-8-3-5-13(17)20/h4,6-7,9-10H,1,3,5,8H2,2H3,(H,24,25). The normalized spacial score (nSPS) is 12.9. The maximum Gasteiger partial charge on any atom is 0.148 e. The molecule has 0 unspecified atom stereocenters. The third kappa shape index (κ3) is 2.77. The summed E-state index contributed by atoms with van der Waals surface area (Å²) in [5.41, 5.74) is 2.80. The molecule has 1 aromatic carbocycles. The number of hydrogen-bond acceptors (Lipinski definition) is 4. The molecule has 4 nitrogen and oxygen atoms in total. The van der Waals surface area contributed by atoms with E-state index in [1.807, 2.05) is 6.92 Å². The van der Waals surface area contributed by atoms with E-state index in [9.17, 15) is 8.78 Å². The molecule has 0 spiro atoms. The predicted octanol–water partition coefficient (Wildman–Crippen LogP) is 4.89. The van der Waals surface area contributed by atoms with Crippen LogP contribution in [-0.2, 0) is 12.8 Å². The molecule has 4 rings (SSSR count). The van der Waals surface area contributed by atoms with E-state index < -0.39 is 11.6 Å². The molecule has 0 aliphatic heterocycles. The molecule has 6 heteroatoms. The summed E-state index contributed by atoms with van der Waals surface area (Å²) in [7, 11) is 0. The number of fused-ring (bicyclic) bond motifs is 1. The lowest BCUT2D eigenvalue weighted by molar-refractivity contribution is 0.489. The molecule has 26 heavy (non-hydrogen) atoms. The number of aromatic nitrogens is 2. The van der Waals surface area contributed by atoms with Crippen LogP contribution in [0, 0.1) is 18.6 Å². The zero-order valence-electron chi connectivity index (χ0n) is 14.3. The van der Waals surface area contributed by atoms with Gasteiger partial charge in [0, 0.05) is 23.2 Å². The van der Waals surface area contributed by atoms with Gasteiger partial charge in [0.05, 0.1) is 23.7 Å². The van der Waals surface area contributed by atoms with E-state index in [2.05, 4.69) is 21.9 Å². The summed E-state index contributed by atoms with van der Waals surface area (Å²) in [6.45, 7) is 5.62. The molecule has 0 amide bonds. The molecular formula is C20H17F2N3O. The summed E-state index contributed by atoms with van der Waals surface area (Å²) in [6.07, 6.45) is 6.17. The lowest BCUT2D eigenvalue weighted by Gasteiger charge is -2.11. The van der Waals surface area contributed by atoms with Crippen LogP contribution in [0.3, 0.4) is 0 Å². The van der Waals surface area contributed by atoms with E-state index in [-0.39, 0.29) is 11.3 Å². The van der Waals surface area contributed by atoms with Crippen molar-refractivity contribution in [3.8, 4) is 11.3 Å². The van der Waals surface area contributed by atoms with Crippen molar-refractivity contribution in [3.05, 3.63) is 71.5 Å². The van der Waals surface area contributed by atoms with E-state index in [1.165, 1.54) is 30.0 Å². The molecule has 0 saturated heterocycles. The number of benzene rings is 1. The van der Waals surface area contributed by atoms with Crippen molar-refractivity contribution in [1.29, 1.82) is 0 Å². The van der Waals surface area contributed by atoms with Crippen LogP contribution in [-0.4, -0.2) is 9.97 Å². The first kappa shape index (κ1) is 16.4. The van der Waals surface area contributed by atoms with E-state index >= 15 is 0 Å². The third-order valence-electron chi connectivity index (χ3n) is 4.55. The molecule has 3 aromatic rings. The fourth-order valence-corrected chi connectivity index (χ4v) is 3.40. The predicted molar refractivity (Wildman–Crippen MR) is 95.5 cm³/mol. The number of aryl methyl sites for hydroxylation is 2. The maximum atomic E-state index is 13.8. The first-order chi connectivity index (χ1) is 12.5. The van der Waals surface area contributed by atoms with Crippen molar-refractivity contribution in [3.63, 3.8) is 0 Å². The second-order valence-electron chi connectivity index (χ2n) is 6.28. The fourth-order valence-electron chi connectivity index (χ4n) is 3.40. The molecule has 0 saturated carbocycles. The number of anilines is 1. The largest absolute Gasteiger partial charge is 0.465 e. The Bertz CT molecular complexity index is 973. The van der Waals surface area contributed by atoms with Gasteiger partial charge < -0.3 is 9.73 Å². The molecule has 0 atom stereocenters. The molecular weight excluding hydrogens is 336 g/mol. The zero-order chi connectivity index (χ0) is 18.3. The summed E-state index contributed by atoms with van der Waals surface area (Å²) in [5, 5.41) is 2.81. The highest BCUT2D eigenvalue weighted by atomic mass is 19.1. The Morgan fingerprint density at radius 1 is 1.15 bits per heavy atom. The highest BCUT2D eigenvalue weighted by Gasteiger charge is 2.24. The van der Waals surface area contributed by atoms with Crippen LogP contribution in [0.2, 0.25) is 0 Å². The highest BCUT2D eigenvalue weighted by molar-refractivity contribution is 5.75. The van der Waals surface area contributed by atoms with Gasteiger partial charge in [-0.05, 0) is 31.9 Å². The Morgan fingerprint density at radius 2 is 1.92 bits per heavy atom. The number of rotatable bonds is 4. The van der Waals surface area contributed by atoms with Crippen LogP contribution in [0.1, 0.15) is 29.1 Å². The Hall–Kier alpha value is -3.02. The van der Waals surface area contributed by atoms with Gasteiger partial charge in [0.2, 0.25) is 0 Å². The van der Waals surface area contributed by atoms with E-state index in [0.29, 0.717) is 5.82 Å². The van der Waals surface area contributed by atoms with Gasteiger partial charge in [-0.2, -0.15) is 0 Å². The van der Waals surface area contributed by atoms with Crippen LogP contribution in [0.4, 0.5) is 14.6 Å². The number of furan rings is 1. The van der Waals surface area contributed by atoms with Crippen molar-refractivity contribution in [2.75, 3.05) is 5.32 Å². The quantitative estimate of drug-likeness (QED) is 0.725. The van der Waals surface area contributed by atoms with Crippen molar-refractivity contribution in [2.24, 2.45) is 0 Å². The fraction of sp³-hybridized carbons (Fsp3) is 0.200. The molecule has 1 N–H and O–H groups in total. The summed E-state index contributed by atoms with van der Waals surface area (Å²) in [6, 6.07) is 3.67. The Morgan fingerprint density at radius 3 is 2.62 bits per heavy atom. The summed E-state index contributed by atoms with van der Waals surface area (Å²) < 4.78 is 33.5. The molecule has 2 heterocycles. The number of nitrogens with zero attached hydrogens (tertiary/aromatic N) is 2. The topological polar surface area (TPSA) is 51.0 Å². The molecule has 0 bridgehead atoms. The molecule has 1 aliphatic rings. The molecule has 132 valence electrons. The minimum Gasteiger partial charge on any atom is -0.465 e. The SMILES string of the molecule is C=C(Nc1cnc(-c2c(C)oc3c2CCC3)cn1)c1c(F)cccc1F. The number of halogens is 2. The maximum absolute atomic E-state index is 13.8. The molecule has 0 radical (unpaired) electrons. The highest BCUT2D eigenvalue weighted by Crippen LogP contribution is 2.36. The molecule has 1 aliphatic carbocycles. The Labute approximate surface area is 149 Å². The Kier molecular flexibility index (Phi) is 4.03. The summed E-state index contributed by atoms with van der Waals surface area (Å²) in [5.74, 6) is 0.861.